The summed E-state index contributed by atoms with van der Waals surface area (Å²) in [6.45, 7) is 6.20. The van der Waals surface area contributed by atoms with Gasteiger partial charge in [-0.15, -0.1) is 0 Å². The van der Waals surface area contributed by atoms with Crippen molar-refractivity contribution in [3.05, 3.63) is 101 Å². The minimum absolute atomic E-state index is 0.0352. The molecule has 1 atom stereocenters. The maximum absolute atomic E-state index is 14.5. The van der Waals surface area contributed by atoms with E-state index in [9.17, 15) is 26.3 Å². The van der Waals surface area contributed by atoms with E-state index < -0.39 is 35.4 Å². The highest BCUT2D eigenvalue weighted by molar-refractivity contribution is 6.08. The van der Waals surface area contributed by atoms with Gasteiger partial charge in [-0.05, 0) is 36.8 Å². The maximum atomic E-state index is 14.5. The molecular weight excluding hydrogens is 482 g/mol. The van der Waals surface area contributed by atoms with Crippen LogP contribution in [-0.2, 0) is 6.18 Å². The lowest BCUT2D eigenvalue weighted by Crippen LogP contribution is -2.30. The molecule has 1 aliphatic rings. The van der Waals surface area contributed by atoms with Gasteiger partial charge in [-0.25, -0.2) is 18.2 Å². The molecule has 3 N–H and O–H groups in total. The van der Waals surface area contributed by atoms with Crippen molar-refractivity contribution in [1.82, 2.24) is 5.32 Å². The van der Waals surface area contributed by atoms with Crippen LogP contribution in [0.4, 0.5) is 37.7 Å². The number of hydrogen-bond acceptors (Lipinski definition) is 4. The quantitative estimate of drug-likeness (QED) is 0.315. The summed E-state index contributed by atoms with van der Waals surface area (Å²) in [6, 6.07) is 10.9. The summed E-state index contributed by atoms with van der Waals surface area (Å²) in [5, 5.41) is 8.76. The second-order valence-corrected chi connectivity index (χ2v) is 8.14. The molecule has 3 aromatic carbocycles. The van der Waals surface area contributed by atoms with Crippen LogP contribution in [0.5, 0.6) is 0 Å². The molecule has 0 fully saturated rings. The first-order valence-corrected chi connectivity index (χ1v) is 11.1. The topological polar surface area (TPSA) is 48.5 Å². The third kappa shape index (κ3) is 5.17. The van der Waals surface area contributed by atoms with Crippen LogP contribution < -0.4 is 16.0 Å². The number of amidine groups is 1. The summed E-state index contributed by atoms with van der Waals surface area (Å²) in [7, 11) is 0. The molecule has 188 valence electrons. The Kier molecular flexibility index (Phi) is 6.96. The Hall–Kier alpha value is -3.95. The average Bonchev–Trinajstić information content (AvgIpc) is 2.82. The molecule has 0 saturated heterocycles. The third-order valence-electron chi connectivity index (χ3n) is 5.55. The van der Waals surface area contributed by atoms with Crippen molar-refractivity contribution in [3.8, 4) is 0 Å². The van der Waals surface area contributed by atoms with Gasteiger partial charge in [0.1, 0.15) is 29.5 Å². The van der Waals surface area contributed by atoms with Crippen LogP contribution in [0.1, 0.15) is 41.8 Å². The normalized spacial score (nSPS) is 15.0. The Morgan fingerprint density at radius 1 is 1.03 bits per heavy atom. The number of nitrogens with one attached hydrogen (secondary N) is 3. The van der Waals surface area contributed by atoms with E-state index in [4.69, 9.17) is 0 Å². The van der Waals surface area contributed by atoms with Crippen LogP contribution in [0.25, 0.3) is 5.70 Å². The van der Waals surface area contributed by atoms with E-state index in [0.29, 0.717) is 30.3 Å². The molecular formula is C26H22F6N4. The van der Waals surface area contributed by atoms with Gasteiger partial charge in [0.05, 0.1) is 11.3 Å². The fourth-order valence-electron chi connectivity index (χ4n) is 3.90. The first-order chi connectivity index (χ1) is 17.1. The highest BCUT2D eigenvalue weighted by atomic mass is 19.4. The summed E-state index contributed by atoms with van der Waals surface area (Å²) in [5.74, 6) is -2.53. The molecule has 1 heterocycles. The predicted molar refractivity (Wildman–Crippen MR) is 128 cm³/mol. The molecule has 3 aromatic rings. The molecule has 36 heavy (non-hydrogen) atoms. The summed E-state index contributed by atoms with van der Waals surface area (Å²) < 4.78 is 83.3. The summed E-state index contributed by atoms with van der Waals surface area (Å²) in [5.41, 5.74) is -0.270. The first kappa shape index (κ1) is 25.2. The lowest BCUT2D eigenvalue weighted by Gasteiger charge is -2.28. The average molecular weight is 504 g/mol. The zero-order valence-corrected chi connectivity index (χ0v) is 19.1. The van der Waals surface area contributed by atoms with Crippen molar-refractivity contribution in [2.45, 2.75) is 25.7 Å². The molecule has 0 amide bonds. The number of aliphatic imine (C=N–C) groups is 1. The number of nitrogens with zero attached hydrogens (tertiary/aromatic N) is 1. The number of halogens is 6. The Morgan fingerprint density at radius 2 is 1.78 bits per heavy atom. The van der Waals surface area contributed by atoms with Crippen LogP contribution >= 0.6 is 0 Å². The Bertz CT molecular complexity index is 1330. The zero-order chi connectivity index (χ0) is 26.0. The van der Waals surface area contributed by atoms with Gasteiger partial charge in [0.2, 0.25) is 0 Å². The largest absolute Gasteiger partial charge is 0.416 e. The lowest BCUT2D eigenvalue weighted by molar-refractivity contribution is -0.138. The van der Waals surface area contributed by atoms with Crippen molar-refractivity contribution in [2.75, 3.05) is 17.2 Å². The van der Waals surface area contributed by atoms with Crippen molar-refractivity contribution in [2.24, 2.45) is 4.99 Å². The van der Waals surface area contributed by atoms with Gasteiger partial charge in [-0.2, -0.15) is 13.2 Å². The van der Waals surface area contributed by atoms with E-state index in [1.54, 1.807) is 24.3 Å². The lowest BCUT2D eigenvalue weighted by atomic mass is 10.0. The number of para-hydroxylation sites is 1. The third-order valence-corrected chi connectivity index (χ3v) is 5.55. The van der Waals surface area contributed by atoms with Crippen LogP contribution in [0, 0.1) is 17.5 Å². The molecule has 0 radical (unpaired) electrons. The maximum Gasteiger partial charge on any atom is 0.416 e. The second-order valence-electron chi connectivity index (χ2n) is 8.14. The van der Waals surface area contributed by atoms with Gasteiger partial charge in [0.15, 0.2) is 0 Å². The Labute approximate surface area is 203 Å². The predicted octanol–water partition coefficient (Wildman–Crippen LogP) is 7.08. The number of anilines is 2. The summed E-state index contributed by atoms with van der Waals surface area (Å²) >= 11 is 0. The minimum Gasteiger partial charge on any atom is -0.382 e. The van der Waals surface area contributed by atoms with E-state index >= 15 is 0 Å². The number of alkyl halides is 3. The van der Waals surface area contributed by atoms with E-state index in [1.165, 1.54) is 0 Å². The fourth-order valence-corrected chi connectivity index (χ4v) is 3.90. The van der Waals surface area contributed by atoms with E-state index in [1.807, 2.05) is 6.92 Å². The van der Waals surface area contributed by atoms with Crippen molar-refractivity contribution in [3.63, 3.8) is 0 Å². The molecule has 4 nitrogen and oxygen atoms in total. The molecule has 1 unspecified atom stereocenters. The van der Waals surface area contributed by atoms with Crippen molar-refractivity contribution in [1.29, 1.82) is 0 Å². The Balaban J connectivity index is 1.77. The highest BCUT2D eigenvalue weighted by Crippen LogP contribution is 2.39. The SMILES string of the molecule is C=C(NC1=NC(c2ccc(F)cc2C(F)(F)F)Nc2ccccc21)c1cc(F)cc(F)c1NCCC. The standard InChI is InChI=1S/C26H22F6N4/c1-3-10-33-23-19(11-16(28)13-21(23)29)14(2)34-25-18-6-4-5-7-22(18)35-24(36-25)17-9-8-15(27)12-20(17)26(30,31)32/h4-9,11-13,24,33,35H,2-3,10H2,1H3,(H,34,36). The zero-order valence-electron chi connectivity index (χ0n) is 19.1. The second kappa shape index (κ2) is 9.96. The number of hydrogen-bond donors (Lipinski definition) is 3. The van der Waals surface area contributed by atoms with Gasteiger partial charge in [0, 0.05) is 40.7 Å². The molecule has 0 spiro atoms. The number of rotatable bonds is 6. The smallest absolute Gasteiger partial charge is 0.382 e. The molecule has 10 heteroatoms. The van der Waals surface area contributed by atoms with E-state index in [0.717, 1.165) is 24.3 Å². The monoisotopic (exact) mass is 504 g/mol. The molecule has 1 aliphatic heterocycles. The minimum atomic E-state index is -4.82. The van der Waals surface area contributed by atoms with Crippen LogP contribution in [0.2, 0.25) is 0 Å². The van der Waals surface area contributed by atoms with Crippen molar-refractivity contribution < 1.29 is 26.3 Å². The van der Waals surface area contributed by atoms with Gasteiger partial charge in [-0.3, -0.25) is 0 Å². The number of benzene rings is 3. The van der Waals surface area contributed by atoms with Crippen LogP contribution in [-0.4, -0.2) is 12.4 Å². The van der Waals surface area contributed by atoms with E-state index in [2.05, 4.69) is 27.5 Å². The van der Waals surface area contributed by atoms with Crippen LogP contribution in [0.3, 0.4) is 0 Å². The Morgan fingerprint density at radius 3 is 2.50 bits per heavy atom. The van der Waals surface area contributed by atoms with Gasteiger partial charge in [0.25, 0.3) is 0 Å². The molecule has 0 aromatic heterocycles. The van der Waals surface area contributed by atoms with Gasteiger partial charge >= 0.3 is 6.18 Å². The first-order valence-electron chi connectivity index (χ1n) is 11.1. The molecule has 0 saturated carbocycles. The number of fused-ring (bicyclic) bond motifs is 1. The summed E-state index contributed by atoms with van der Waals surface area (Å²) in [4.78, 5) is 4.40. The van der Waals surface area contributed by atoms with Gasteiger partial charge in [-0.1, -0.05) is 31.7 Å². The van der Waals surface area contributed by atoms with Crippen LogP contribution in [0.15, 0.2) is 66.2 Å². The van der Waals surface area contributed by atoms with E-state index in [-0.39, 0.29) is 28.3 Å². The molecule has 0 aliphatic carbocycles. The molecule has 4 rings (SSSR count). The van der Waals surface area contributed by atoms with Gasteiger partial charge < -0.3 is 16.0 Å². The summed E-state index contributed by atoms with van der Waals surface area (Å²) in [6.07, 6.45) is -5.36. The van der Waals surface area contributed by atoms with Crippen molar-refractivity contribution >= 4 is 22.9 Å². The fraction of sp³-hybridized carbons (Fsp3) is 0.192. The molecule has 0 bridgehead atoms. The highest BCUT2D eigenvalue weighted by Gasteiger charge is 2.37.